The van der Waals surface area contributed by atoms with Gasteiger partial charge in [0.1, 0.15) is 5.75 Å². The molecular weight excluding hydrogens is 210 g/mol. The Morgan fingerprint density at radius 1 is 1.36 bits per heavy atom. The Morgan fingerprint density at radius 3 is 2.64 bits per heavy atom. The van der Waals surface area contributed by atoms with Gasteiger partial charge in [-0.2, -0.15) is 8.78 Å². The molecule has 0 unspecified atom stereocenters. The topological polar surface area (TPSA) is 9.23 Å². The van der Waals surface area contributed by atoms with E-state index in [1.165, 1.54) is 6.07 Å². The minimum absolute atomic E-state index is 0.218. The van der Waals surface area contributed by atoms with Gasteiger partial charge >= 0.3 is 6.61 Å². The molecule has 0 spiro atoms. The average Bonchev–Trinajstić information content (AvgIpc) is 2.86. The molecule has 0 aliphatic heterocycles. The summed E-state index contributed by atoms with van der Waals surface area (Å²) in [5.74, 6) is 0.594. The highest BCUT2D eigenvalue weighted by Crippen LogP contribution is 2.45. The van der Waals surface area contributed by atoms with E-state index in [1.54, 1.807) is 12.1 Å². The fourth-order valence-corrected chi connectivity index (χ4v) is 1.60. The first kappa shape index (κ1) is 9.71. The molecule has 2 rings (SSSR count). The van der Waals surface area contributed by atoms with E-state index >= 15 is 0 Å². The van der Waals surface area contributed by atoms with Crippen molar-refractivity contribution >= 4 is 11.6 Å². The van der Waals surface area contributed by atoms with Gasteiger partial charge in [0, 0.05) is 5.02 Å². The summed E-state index contributed by atoms with van der Waals surface area (Å²) in [6.45, 7) is -2.79. The smallest absolute Gasteiger partial charge is 0.387 e. The van der Waals surface area contributed by atoms with E-state index in [2.05, 4.69) is 4.74 Å². The summed E-state index contributed by atoms with van der Waals surface area (Å²) in [4.78, 5) is 0. The second-order valence-electron chi connectivity index (χ2n) is 3.33. The van der Waals surface area contributed by atoms with Gasteiger partial charge in [0.25, 0.3) is 0 Å². The molecule has 76 valence electrons. The highest BCUT2D eigenvalue weighted by atomic mass is 35.5. The first-order chi connectivity index (χ1) is 6.66. The minimum Gasteiger partial charge on any atom is -0.434 e. The Kier molecular flexibility index (Phi) is 2.59. The Hall–Kier alpha value is -0.830. The van der Waals surface area contributed by atoms with Gasteiger partial charge in [0.2, 0.25) is 0 Å². The highest BCUT2D eigenvalue weighted by molar-refractivity contribution is 6.30. The molecule has 0 atom stereocenters. The first-order valence-corrected chi connectivity index (χ1v) is 4.79. The van der Waals surface area contributed by atoms with E-state index < -0.39 is 6.61 Å². The molecule has 0 bridgehead atoms. The molecule has 0 saturated heterocycles. The van der Waals surface area contributed by atoms with Gasteiger partial charge in [-0.05, 0) is 36.5 Å². The van der Waals surface area contributed by atoms with Crippen LogP contribution in [-0.4, -0.2) is 6.61 Å². The number of alkyl halides is 2. The van der Waals surface area contributed by atoms with Crippen molar-refractivity contribution in [3.05, 3.63) is 28.8 Å². The van der Waals surface area contributed by atoms with Crippen molar-refractivity contribution in [3.63, 3.8) is 0 Å². The zero-order valence-corrected chi connectivity index (χ0v) is 8.10. The van der Waals surface area contributed by atoms with Crippen molar-refractivity contribution in [2.24, 2.45) is 0 Å². The van der Waals surface area contributed by atoms with Crippen LogP contribution in [-0.2, 0) is 0 Å². The number of ether oxygens (including phenoxy) is 1. The van der Waals surface area contributed by atoms with Crippen LogP contribution in [0.25, 0.3) is 0 Å². The lowest BCUT2D eigenvalue weighted by molar-refractivity contribution is -0.0504. The molecule has 0 N–H and O–H groups in total. The van der Waals surface area contributed by atoms with Crippen LogP contribution < -0.4 is 4.74 Å². The summed E-state index contributed by atoms with van der Waals surface area (Å²) >= 11 is 5.70. The molecule has 1 aliphatic carbocycles. The van der Waals surface area contributed by atoms with Gasteiger partial charge < -0.3 is 4.74 Å². The number of benzene rings is 1. The van der Waals surface area contributed by atoms with Crippen LogP contribution in [0.4, 0.5) is 8.78 Å². The van der Waals surface area contributed by atoms with Crippen molar-refractivity contribution in [2.75, 3.05) is 0 Å². The van der Waals surface area contributed by atoms with Crippen molar-refractivity contribution in [1.29, 1.82) is 0 Å². The van der Waals surface area contributed by atoms with E-state index in [-0.39, 0.29) is 5.75 Å². The van der Waals surface area contributed by atoms with Gasteiger partial charge in [0.15, 0.2) is 0 Å². The standard InChI is InChI=1S/C10H9ClF2O/c11-7-3-4-8(6-1-2-6)9(5-7)14-10(12)13/h3-6,10H,1-2H2. The van der Waals surface area contributed by atoms with Crippen LogP contribution in [0.3, 0.4) is 0 Å². The Bertz CT molecular complexity index is 337. The predicted molar refractivity (Wildman–Crippen MR) is 50.1 cm³/mol. The molecule has 0 radical (unpaired) electrons. The second kappa shape index (κ2) is 3.73. The summed E-state index contributed by atoms with van der Waals surface area (Å²) in [5.41, 5.74) is 0.842. The third-order valence-corrected chi connectivity index (χ3v) is 2.44. The van der Waals surface area contributed by atoms with Gasteiger partial charge in [-0.1, -0.05) is 17.7 Å². The third-order valence-electron chi connectivity index (χ3n) is 2.21. The normalized spacial score (nSPS) is 16.0. The first-order valence-electron chi connectivity index (χ1n) is 4.41. The number of hydrogen-bond acceptors (Lipinski definition) is 1. The SMILES string of the molecule is FC(F)Oc1cc(Cl)ccc1C1CC1. The van der Waals surface area contributed by atoms with Crippen LogP contribution in [0.5, 0.6) is 5.75 Å². The monoisotopic (exact) mass is 218 g/mol. The maximum absolute atomic E-state index is 12.1. The molecular formula is C10H9ClF2O. The molecule has 1 aromatic rings. The highest BCUT2D eigenvalue weighted by Gasteiger charge is 2.27. The summed E-state index contributed by atoms with van der Waals surface area (Å²) < 4.78 is 28.5. The minimum atomic E-state index is -2.79. The molecule has 1 aliphatic rings. The van der Waals surface area contributed by atoms with E-state index in [4.69, 9.17) is 11.6 Å². The largest absolute Gasteiger partial charge is 0.434 e. The fraction of sp³-hybridized carbons (Fsp3) is 0.400. The summed E-state index contributed by atoms with van der Waals surface area (Å²) in [6, 6.07) is 4.91. The van der Waals surface area contributed by atoms with Crippen LogP contribution in [0.2, 0.25) is 5.02 Å². The summed E-state index contributed by atoms with van der Waals surface area (Å²) in [7, 11) is 0. The maximum Gasteiger partial charge on any atom is 0.387 e. The molecule has 0 aromatic heterocycles. The second-order valence-corrected chi connectivity index (χ2v) is 3.77. The lowest BCUT2D eigenvalue weighted by Gasteiger charge is -2.09. The third kappa shape index (κ3) is 2.15. The van der Waals surface area contributed by atoms with Gasteiger partial charge in [0.05, 0.1) is 0 Å². The molecule has 14 heavy (non-hydrogen) atoms. The molecule has 1 aromatic carbocycles. The number of hydrogen-bond donors (Lipinski definition) is 0. The average molecular weight is 219 g/mol. The van der Waals surface area contributed by atoms with Crippen molar-refractivity contribution < 1.29 is 13.5 Å². The Balaban J connectivity index is 2.28. The lowest BCUT2D eigenvalue weighted by Crippen LogP contribution is -2.04. The quantitative estimate of drug-likeness (QED) is 0.750. The molecule has 1 fully saturated rings. The van der Waals surface area contributed by atoms with Crippen LogP contribution in [0.1, 0.15) is 24.3 Å². The zero-order chi connectivity index (χ0) is 10.1. The zero-order valence-electron chi connectivity index (χ0n) is 7.34. The van der Waals surface area contributed by atoms with E-state index in [1.807, 2.05) is 0 Å². The van der Waals surface area contributed by atoms with Crippen molar-refractivity contribution in [3.8, 4) is 5.75 Å². The fourth-order valence-electron chi connectivity index (χ4n) is 1.44. The van der Waals surface area contributed by atoms with Crippen LogP contribution in [0, 0.1) is 0 Å². The van der Waals surface area contributed by atoms with Gasteiger partial charge in [-0.3, -0.25) is 0 Å². The lowest BCUT2D eigenvalue weighted by atomic mass is 10.1. The van der Waals surface area contributed by atoms with Gasteiger partial charge in [-0.25, -0.2) is 0 Å². The number of halogens is 3. The predicted octanol–water partition coefficient (Wildman–Crippen LogP) is 3.82. The number of rotatable bonds is 3. The maximum atomic E-state index is 12.1. The van der Waals surface area contributed by atoms with Crippen LogP contribution >= 0.6 is 11.6 Å². The Labute approximate surface area is 85.6 Å². The molecule has 0 heterocycles. The van der Waals surface area contributed by atoms with E-state index in [0.29, 0.717) is 10.9 Å². The van der Waals surface area contributed by atoms with Crippen molar-refractivity contribution in [1.82, 2.24) is 0 Å². The van der Waals surface area contributed by atoms with E-state index in [9.17, 15) is 8.78 Å². The summed E-state index contributed by atoms with van der Waals surface area (Å²) in [6.07, 6.45) is 2.09. The van der Waals surface area contributed by atoms with Crippen LogP contribution in [0.15, 0.2) is 18.2 Å². The Morgan fingerprint density at radius 2 is 2.07 bits per heavy atom. The van der Waals surface area contributed by atoms with E-state index in [0.717, 1.165) is 18.4 Å². The molecule has 4 heteroatoms. The molecule has 1 saturated carbocycles. The molecule has 1 nitrogen and oxygen atoms in total. The van der Waals surface area contributed by atoms with Gasteiger partial charge in [-0.15, -0.1) is 0 Å². The molecule has 0 amide bonds. The summed E-state index contributed by atoms with van der Waals surface area (Å²) in [5, 5.41) is 0.421. The van der Waals surface area contributed by atoms with Crippen molar-refractivity contribution in [2.45, 2.75) is 25.4 Å².